The largest absolute Gasteiger partial charge is 0.496 e. The molecule has 2 aromatic rings. The Bertz CT molecular complexity index is 774. The SMILES string of the molecule is COc1ccc(C)cc1CCNC(=O)c1ccc(N)c([N+](=O)[O-])c1. The molecule has 1 amide bonds. The molecule has 0 spiro atoms. The zero-order valence-electron chi connectivity index (χ0n) is 13.5. The molecule has 0 unspecified atom stereocenters. The summed E-state index contributed by atoms with van der Waals surface area (Å²) in [5.41, 5.74) is 7.57. The van der Waals surface area contributed by atoms with Gasteiger partial charge in [0.15, 0.2) is 0 Å². The molecule has 0 aliphatic heterocycles. The van der Waals surface area contributed by atoms with E-state index in [0.717, 1.165) is 16.9 Å². The number of anilines is 1. The van der Waals surface area contributed by atoms with Crippen LogP contribution in [0.25, 0.3) is 0 Å². The summed E-state index contributed by atoms with van der Waals surface area (Å²) in [5, 5.41) is 13.6. The molecular weight excluding hydrogens is 310 g/mol. The average molecular weight is 329 g/mol. The number of nitro benzene ring substituents is 1. The second-order valence-electron chi connectivity index (χ2n) is 5.35. The van der Waals surface area contributed by atoms with E-state index in [1.165, 1.54) is 18.2 Å². The number of amides is 1. The smallest absolute Gasteiger partial charge is 0.292 e. The first-order chi connectivity index (χ1) is 11.4. The van der Waals surface area contributed by atoms with Crippen LogP contribution < -0.4 is 15.8 Å². The molecule has 0 saturated heterocycles. The lowest BCUT2D eigenvalue weighted by molar-refractivity contribution is -0.383. The molecule has 0 aliphatic rings. The number of benzene rings is 2. The minimum Gasteiger partial charge on any atom is -0.496 e. The summed E-state index contributed by atoms with van der Waals surface area (Å²) in [7, 11) is 1.60. The molecule has 3 N–H and O–H groups in total. The van der Waals surface area contributed by atoms with Gasteiger partial charge in [0, 0.05) is 18.2 Å². The predicted octanol–water partition coefficient (Wildman–Crippen LogP) is 2.47. The topological polar surface area (TPSA) is 107 Å². The number of nitrogens with zero attached hydrogens (tertiary/aromatic N) is 1. The second-order valence-corrected chi connectivity index (χ2v) is 5.35. The number of nitrogens with one attached hydrogen (secondary N) is 1. The standard InChI is InChI=1S/C17H19N3O4/c1-11-3-6-16(24-2)12(9-11)7-8-19-17(21)13-4-5-14(18)15(10-13)20(22)23/h3-6,9-10H,7-8,18H2,1-2H3,(H,19,21). The number of carbonyl (C=O) groups excluding carboxylic acids is 1. The van der Waals surface area contributed by atoms with Crippen molar-refractivity contribution in [3.8, 4) is 5.75 Å². The normalized spacial score (nSPS) is 10.2. The van der Waals surface area contributed by atoms with Crippen molar-refractivity contribution in [2.24, 2.45) is 0 Å². The lowest BCUT2D eigenvalue weighted by Gasteiger charge is -2.10. The third-order valence-corrected chi connectivity index (χ3v) is 3.61. The number of nitro groups is 1. The predicted molar refractivity (Wildman–Crippen MR) is 91.3 cm³/mol. The molecule has 0 aliphatic carbocycles. The Labute approximate surface area is 139 Å². The van der Waals surface area contributed by atoms with Crippen molar-refractivity contribution in [2.45, 2.75) is 13.3 Å². The first-order valence-corrected chi connectivity index (χ1v) is 7.38. The van der Waals surface area contributed by atoms with E-state index in [1.807, 2.05) is 25.1 Å². The maximum absolute atomic E-state index is 12.1. The Balaban J connectivity index is 2.03. The molecule has 126 valence electrons. The van der Waals surface area contributed by atoms with Crippen LogP contribution in [-0.2, 0) is 6.42 Å². The van der Waals surface area contributed by atoms with E-state index in [0.29, 0.717) is 13.0 Å². The molecule has 7 heteroatoms. The molecule has 2 rings (SSSR count). The summed E-state index contributed by atoms with van der Waals surface area (Å²) in [5.74, 6) is 0.377. The van der Waals surface area contributed by atoms with Crippen LogP contribution >= 0.6 is 0 Å². The van der Waals surface area contributed by atoms with E-state index in [2.05, 4.69) is 5.32 Å². The average Bonchev–Trinajstić information content (AvgIpc) is 2.55. The van der Waals surface area contributed by atoms with Gasteiger partial charge in [0.1, 0.15) is 11.4 Å². The number of aryl methyl sites for hydroxylation is 1. The summed E-state index contributed by atoms with van der Waals surface area (Å²) in [6, 6.07) is 9.84. The van der Waals surface area contributed by atoms with Gasteiger partial charge < -0.3 is 15.8 Å². The van der Waals surface area contributed by atoms with Crippen LogP contribution in [0.3, 0.4) is 0 Å². The van der Waals surface area contributed by atoms with Gasteiger partial charge in [-0.25, -0.2) is 0 Å². The zero-order valence-corrected chi connectivity index (χ0v) is 13.5. The number of rotatable bonds is 6. The maximum Gasteiger partial charge on any atom is 0.292 e. The van der Waals surface area contributed by atoms with Crippen molar-refractivity contribution in [3.63, 3.8) is 0 Å². The van der Waals surface area contributed by atoms with Crippen LogP contribution in [0.5, 0.6) is 5.75 Å². The Morgan fingerprint density at radius 3 is 2.71 bits per heavy atom. The van der Waals surface area contributed by atoms with Gasteiger partial charge in [-0.05, 0) is 37.1 Å². The fourth-order valence-corrected chi connectivity index (χ4v) is 2.36. The Kier molecular flexibility index (Phi) is 5.36. The van der Waals surface area contributed by atoms with Crippen molar-refractivity contribution >= 4 is 17.3 Å². The van der Waals surface area contributed by atoms with Crippen molar-refractivity contribution < 1.29 is 14.5 Å². The number of nitrogen functional groups attached to an aromatic ring is 1. The van der Waals surface area contributed by atoms with Crippen LogP contribution in [0.2, 0.25) is 0 Å². The van der Waals surface area contributed by atoms with E-state index < -0.39 is 4.92 Å². The number of carbonyl (C=O) groups is 1. The third kappa shape index (κ3) is 4.01. The minimum atomic E-state index is -0.607. The fraction of sp³-hybridized carbons (Fsp3) is 0.235. The fourth-order valence-electron chi connectivity index (χ4n) is 2.36. The van der Waals surface area contributed by atoms with Gasteiger partial charge in [-0.3, -0.25) is 14.9 Å². The van der Waals surface area contributed by atoms with E-state index in [-0.39, 0.29) is 22.8 Å². The van der Waals surface area contributed by atoms with E-state index in [9.17, 15) is 14.9 Å². The van der Waals surface area contributed by atoms with Gasteiger partial charge in [-0.15, -0.1) is 0 Å². The van der Waals surface area contributed by atoms with Crippen LogP contribution in [0.15, 0.2) is 36.4 Å². The summed E-state index contributed by atoms with van der Waals surface area (Å²) in [4.78, 5) is 22.4. The minimum absolute atomic E-state index is 0.0287. The number of methoxy groups -OCH3 is 1. The van der Waals surface area contributed by atoms with Crippen molar-refractivity contribution in [3.05, 3.63) is 63.2 Å². The summed E-state index contributed by atoms with van der Waals surface area (Å²) >= 11 is 0. The molecular formula is C17H19N3O4. The van der Waals surface area contributed by atoms with Gasteiger partial charge in [0.2, 0.25) is 0 Å². The molecule has 0 aromatic heterocycles. The third-order valence-electron chi connectivity index (χ3n) is 3.61. The summed E-state index contributed by atoms with van der Waals surface area (Å²) < 4.78 is 5.30. The Morgan fingerprint density at radius 1 is 1.29 bits per heavy atom. The van der Waals surface area contributed by atoms with Crippen molar-refractivity contribution in [1.82, 2.24) is 5.32 Å². The highest BCUT2D eigenvalue weighted by atomic mass is 16.6. The Morgan fingerprint density at radius 2 is 2.04 bits per heavy atom. The van der Waals surface area contributed by atoms with Crippen molar-refractivity contribution in [1.29, 1.82) is 0 Å². The quantitative estimate of drug-likeness (QED) is 0.481. The van der Waals surface area contributed by atoms with Crippen LogP contribution in [0.4, 0.5) is 11.4 Å². The molecule has 7 nitrogen and oxygen atoms in total. The number of nitrogens with two attached hydrogens (primary N) is 1. The summed E-state index contributed by atoms with van der Waals surface area (Å²) in [6.45, 7) is 2.37. The number of hydrogen-bond acceptors (Lipinski definition) is 5. The highest BCUT2D eigenvalue weighted by Gasteiger charge is 2.15. The van der Waals surface area contributed by atoms with Crippen LogP contribution in [0, 0.1) is 17.0 Å². The Hall–Kier alpha value is -3.09. The zero-order chi connectivity index (χ0) is 17.7. The molecule has 0 saturated carbocycles. The highest BCUT2D eigenvalue weighted by Crippen LogP contribution is 2.22. The van der Waals surface area contributed by atoms with E-state index in [1.54, 1.807) is 7.11 Å². The first kappa shape index (κ1) is 17.3. The van der Waals surface area contributed by atoms with E-state index >= 15 is 0 Å². The van der Waals surface area contributed by atoms with Gasteiger partial charge >= 0.3 is 0 Å². The lowest BCUT2D eigenvalue weighted by atomic mass is 10.1. The van der Waals surface area contributed by atoms with Gasteiger partial charge in [-0.2, -0.15) is 0 Å². The maximum atomic E-state index is 12.1. The van der Waals surface area contributed by atoms with Crippen LogP contribution in [0.1, 0.15) is 21.5 Å². The molecule has 0 heterocycles. The van der Waals surface area contributed by atoms with Crippen molar-refractivity contribution in [2.75, 3.05) is 19.4 Å². The summed E-state index contributed by atoms with van der Waals surface area (Å²) in [6.07, 6.45) is 0.591. The molecule has 0 atom stereocenters. The van der Waals surface area contributed by atoms with Gasteiger partial charge in [-0.1, -0.05) is 17.7 Å². The molecule has 0 fully saturated rings. The molecule has 24 heavy (non-hydrogen) atoms. The number of hydrogen-bond donors (Lipinski definition) is 2. The first-order valence-electron chi connectivity index (χ1n) is 7.38. The van der Waals surface area contributed by atoms with Gasteiger partial charge in [0.25, 0.3) is 11.6 Å². The van der Waals surface area contributed by atoms with Gasteiger partial charge in [0.05, 0.1) is 12.0 Å². The molecule has 0 radical (unpaired) electrons. The lowest BCUT2D eigenvalue weighted by Crippen LogP contribution is -2.26. The highest BCUT2D eigenvalue weighted by molar-refractivity contribution is 5.95. The number of ether oxygens (including phenoxy) is 1. The van der Waals surface area contributed by atoms with Crippen LogP contribution in [-0.4, -0.2) is 24.5 Å². The molecule has 0 bridgehead atoms. The van der Waals surface area contributed by atoms with E-state index in [4.69, 9.17) is 10.5 Å². The molecule has 2 aromatic carbocycles. The second kappa shape index (κ2) is 7.45. The monoisotopic (exact) mass is 329 g/mol.